The number of rotatable bonds is 5. The highest BCUT2D eigenvalue weighted by Crippen LogP contribution is 2.31. The van der Waals surface area contributed by atoms with Crippen molar-refractivity contribution in [3.8, 4) is 5.75 Å². The Morgan fingerprint density at radius 3 is 2.41 bits per heavy atom. The van der Waals surface area contributed by atoms with Crippen LogP contribution in [0.1, 0.15) is 24.1 Å². The fraction of sp³-hybridized carbons (Fsp3) is 0.238. The van der Waals surface area contributed by atoms with Gasteiger partial charge in [-0.3, -0.25) is 0 Å². The molecule has 2 amide bonds. The van der Waals surface area contributed by atoms with E-state index in [9.17, 15) is 9.59 Å². The van der Waals surface area contributed by atoms with E-state index in [1.54, 1.807) is 14.0 Å². The van der Waals surface area contributed by atoms with Crippen molar-refractivity contribution < 1.29 is 19.1 Å². The molecule has 1 heterocycles. The van der Waals surface area contributed by atoms with Crippen molar-refractivity contribution in [2.75, 3.05) is 14.2 Å². The second-order valence-corrected chi connectivity index (χ2v) is 6.28. The summed E-state index contributed by atoms with van der Waals surface area (Å²) < 4.78 is 10.7. The van der Waals surface area contributed by atoms with Crippen LogP contribution in [0.25, 0.3) is 0 Å². The van der Waals surface area contributed by atoms with Crippen molar-refractivity contribution in [1.29, 1.82) is 0 Å². The molecule has 1 aliphatic heterocycles. The molecule has 27 heavy (non-hydrogen) atoms. The molecule has 0 aromatic heterocycles. The van der Waals surface area contributed by atoms with Gasteiger partial charge in [0.15, 0.2) is 0 Å². The lowest BCUT2D eigenvalue weighted by atomic mass is 9.95. The maximum absolute atomic E-state index is 12.3. The number of methoxy groups -OCH3 is 1. The first-order chi connectivity index (χ1) is 13.0. The summed E-state index contributed by atoms with van der Waals surface area (Å²) in [5.74, 6) is 0.246. The lowest BCUT2D eigenvalue weighted by molar-refractivity contribution is -0.136. The second kappa shape index (κ2) is 7.95. The van der Waals surface area contributed by atoms with E-state index in [0.29, 0.717) is 23.6 Å². The quantitative estimate of drug-likeness (QED) is 0.824. The zero-order chi connectivity index (χ0) is 19.4. The third-order valence-electron chi connectivity index (χ3n) is 4.62. The minimum absolute atomic E-state index is 0.269. The SMILES string of the molecule is COC(=O)C1=C(C)N(C)C(=O)N[C@H]1c1ccc(OCc2ccccc2)cc1. The molecule has 0 bridgehead atoms. The third-order valence-corrected chi connectivity index (χ3v) is 4.62. The summed E-state index contributed by atoms with van der Waals surface area (Å²) in [5.41, 5.74) is 2.84. The van der Waals surface area contributed by atoms with Gasteiger partial charge in [-0.05, 0) is 30.2 Å². The molecule has 1 N–H and O–H groups in total. The normalized spacial score (nSPS) is 16.8. The molecule has 1 aliphatic rings. The molecule has 3 rings (SSSR count). The zero-order valence-electron chi connectivity index (χ0n) is 15.6. The maximum Gasteiger partial charge on any atom is 0.337 e. The third kappa shape index (κ3) is 3.95. The topological polar surface area (TPSA) is 67.9 Å². The Labute approximate surface area is 158 Å². The van der Waals surface area contributed by atoms with Gasteiger partial charge in [-0.2, -0.15) is 0 Å². The average Bonchev–Trinajstić information content (AvgIpc) is 2.71. The van der Waals surface area contributed by atoms with E-state index in [4.69, 9.17) is 9.47 Å². The van der Waals surface area contributed by atoms with Gasteiger partial charge in [-0.1, -0.05) is 42.5 Å². The van der Waals surface area contributed by atoms with E-state index in [-0.39, 0.29) is 6.03 Å². The average molecular weight is 366 g/mol. The number of allylic oxidation sites excluding steroid dienone is 1. The monoisotopic (exact) mass is 366 g/mol. The highest BCUT2D eigenvalue weighted by atomic mass is 16.5. The Balaban J connectivity index is 1.80. The molecule has 0 saturated carbocycles. The fourth-order valence-corrected chi connectivity index (χ4v) is 2.96. The van der Waals surface area contributed by atoms with Crippen LogP contribution in [0.5, 0.6) is 5.75 Å². The van der Waals surface area contributed by atoms with Crippen molar-refractivity contribution in [3.05, 3.63) is 77.0 Å². The number of ether oxygens (including phenoxy) is 2. The highest BCUT2D eigenvalue weighted by Gasteiger charge is 2.34. The molecule has 0 saturated heterocycles. The number of carbonyl (C=O) groups is 2. The Kier molecular flexibility index (Phi) is 5.45. The van der Waals surface area contributed by atoms with E-state index >= 15 is 0 Å². The first-order valence-electron chi connectivity index (χ1n) is 8.61. The van der Waals surface area contributed by atoms with E-state index in [2.05, 4.69) is 5.32 Å². The molecular weight excluding hydrogens is 344 g/mol. The van der Waals surface area contributed by atoms with Crippen molar-refractivity contribution >= 4 is 12.0 Å². The molecule has 0 fully saturated rings. The summed E-state index contributed by atoms with van der Waals surface area (Å²) in [7, 11) is 2.95. The van der Waals surface area contributed by atoms with Gasteiger partial charge in [0.1, 0.15) is 12.4 Å². The molecule has 6 heteroatoms. The van der Waals surface area contributed by atoms with Crippen LogP contribution in [0.4, 0.5) is 4.79 Å². The van der Waals surface area contributed by atoms with Crippen LogP contribution >= 0.6 is 0 Å². The summed E-state index contributed by atoms with van der Waals surface area (Å²) in [6.45, 7) is 2.20. The molecule has 1 atom stereocenters. The Hall–Kier alpha value is -3.28. The van der Waals surface area contributed by atoms with Crippen LogP contribution in [0.3, 0.4) is 0 Å². The van der Waals surface area contributed by atoms with Crippen molar-refractivity contribution in [2.45, 2.75) is 19.6 Å². The van der Waals surface area contributed by atoms with Gasteiger partial charge in [0.2, 0.25) is 0 Å². The summed E-state index contributed by atoms with van der Waals surface area (Å²) in [5, 5.41) is 2.84. The smallest absolute Gasteiger partial charge is 0.337 e. The van der Waals surface area contributed by atoms with Crippen LogP contribution in [-0.2, 0) is 16.1 Å². The predicted molar refractivity (Wildman–Crippen MR) is 101 cm³/mol. The molecule has 0 unspecified atom stereocenters. The van der Waals surface area contributed by atoms with Crippen molar-refractivity contribution in [3.63, 3.8) is 0 Å². The van der Waals surface area contributed by atoms with Gasteiger partial charge < -0.3 is 19.7 Å². The molecule has 2 aromatic carbocycles. The Bertz CT molecular complexity index is 860. The molecule has 140 valence electrons. The number of benzene rings is 2. The van der Waals surface area contributed by atoms with Gasteiger partial charge >= 0.3 is 12.0 Å². The lowest BCUT2D eigenvalue weighted by Crippen LogP contribution is -2.46. The number of nitrogens with zero attached hydrogens (tertiary/aromatic N) is 1. The first kappa shape index (κ1) is 18.5. The molecular formula is C21H22N2O4. The summed E-state index contributed by atoms with van der Waals surface area (Å²) >= 11 is 0. The summed E-state index contributed by atoms with van der Waals surface area (Å²) in [4.78, 5) is 25.8. The second-order valence-electron chi connectivity index (χ2n) is 6.28. The molecule has 0 aliphatic carbocycles. The first-order valence-corrected chi connectivity index (χ1v) is 8.61. The van der Waals surface area contributed by atoms with Crippen LogP contribution < -0.4 is 10.1 Å². The minimum Gasteiger partial charge on any atom is -0.489 e. The van der Waals surface area contributed by atoms with Gasteiger partial charge in [0.05, 0.1) is 18.7 Å². The molecule has 6 nitrogen and oxygen atoms in total. The predicted octanol–water partition coefficient (Wildman–Crippen LogP) is 3.41. The molecule has 2 aromatic rings. The van der Waals surface area contributed by atoms with Crippen molar-refractivity contribution in [1.82, 2.24) is 10.2 Å². The van der Waals surface area contributed by atoms with Crippen molar-refractivity contribution in [2.24, 2.45) is 0 Å². The number of carbonyl (C=O) groups excluding carboxylic acids is 2. The van der Waals surface area contributed by atoms with Gasteiger partial charge in [0, 0.05) is 12.7 Å². The van der Waals surface area contributed by atoms with E-state index in [0.717, 1.165) is 11.1 Å². The number of urea groups is 1. The highest BCUT2D eigenvalue weighted by molar-refractivity contribution is 5.94. The summed E-state index contributed by atoms with van der Waals surface area (Å²) in [6.07, 6.45) is 0. The van der Waals surface area contributed by atoms with Crippen LogP contribution in [0.15, 0.2) is 65.9 Å². The van der Waals surface area contributed by atoms with Crippen LogP contribution in [0, 0.1) is 0 Å². The number of hydrogen-bond donors (Lipinski definition) is 1. The molecule has 0 radical (unpaired) electrons. The zero-order valence-corrected chi connectivity index (χ0v) is 15.6. The van der Waals surface area contributed by atoms with Gasteiger partial charge in [-0.25, -0.2) is 9.59 Å². The van der Waals surface area contributed by atoms with E-state index in [1.807, 2.05) is 54.6 Å². The maximum atomic E-state index is 12.3. The largest absolute Gasteiger partial charge is 0.489 e. The Morgan fingerprint density at radius 2 is 1.78 bits per heavy atom. The standard InChI is InChI=1S/C21H22N2O4/c1-14-18(20(24)26-3)19(22-21(25)23(14)2)16-9-11-17(12-10-16)27-13-15-7-5-4-6-8-15/h4-12,19H,13H2,1-3H3,(H,22,25)/t19-/m0/s1. The number of amides is 2. The number of esters is 1. The van der Waals surface area contributed by atoms with E-state index in [1.165, 1.54) is 12.0 Å². The lowest BCUT2D eigenvalue weighted by Gasteiger charge is -2.33. The van der Waals surface area contributed by atoms with E-state index < -0.39 is 12.0 Å². The van der Waals surface area contributed by atoms with Gasteiger partial charge in [-0.15, -0.1) is 0 Å². The summed E-state index contributed by atoms with van der Waals surface area (Å²) in [6, 6.07) is 16.4. The number of nitrogens with one attached hydrogen (secondary N) is 1. The number of hydrogen-bond acceptors (Lipinski definition) is 4. The van der Waals surface area contributed by atoms with Crippen LogP contribution in [0.2, 0.25) is 0 Å². The fourth-order valence-electron chi connectivity index (χ4n) is 2.96. The van der Waals surface area contributed by atoms with Gasteiger partial charge in [0.25, 0.3) is 0 Å². The van der Waals surface area contributed by atoms with Crippen LogP contribution in [-0.4, -0.2) is 31.1 Å². The minimum atomic E-state index is -0.565. The Morgan fingerprint density at radius 1 is 1.11 bits per heavy atom. The molecule has 0 spiro atoms.